The van der Waals surface area contributed by atoms with E-state index < -0.39 is 34.6 Å². The van der Waals surface area contributed by atoms with Crippen LogP contribution in [0.15, 0.2) is 45.5 Å². The molecule has 1 atom stereocenters. The molecule has 3 aromatic rings. The molecule has 0 saturated heterocycles. The molecule has 2 aromatic heterocycles. The monoisotopic (exact) mass is 600 g/mol. The maximum atomic E-state index is 14.4. The number of methoxy groups -OCH3 is 1. The number of hydrogen-bond donors (Lipinski definition) is 2. The summed E-state index contributed by atoms with van der Waals surface area (Å²) in [7, 11) is 3.02. The van der Waals surface area contributed by atoms with Crippen LogP contribution < -0.4 is 21.4 Å². The molecule has 3 rings (SSSR count). The highest BCUT2D eigenvalue weighted by Crippen LogP contribution is 2.36. The predicted molar refractivity (Wildman–Crippen MR) is 165 cm³/mol. The molecule has 0 radical (unpaired) electrons. The third kappa shape index (κ3) is 6.36. The van der Waals surface area contributed by atoms with Crippen LogP contribution in [0.3, 0.4) is 0 Å². The summed E-state index contributed by atoms with van der Waals surface area (Å²) >= 11 is 1.12. The van der Waals surface area contributed by atoms with Gasteiger partial charge in [-0.3, -0.25) is 19.6 Å². The van der Waals surface area contributed by atoms with Crippen LogP contribution in [-0.4, -0.2) is 59.2 Å². The van der Waals surface area contributed by atoms with Crippen molar-refractivity contribution >= 4 is 44.9 Å². The molecule has 0 spiro atoms. The second-order valence-electron chi connectivity index (χ2n) is 10.4. The van der Waals surface area contributed by atoms with Crippen LogP contribution in [0.2, 0.25) is 0 Å². The normalized spacial score (nSPS) is 12.6. The molecule has 0 aliphatic rings. The summed E-state index contributed by atoms with van der Waals surface area (Å²) in [5.74, 6) is -0.604. The minimum Gasteiger partial charge on any atom is -0.496 e. The Morgan fingerprint density at radius 1 is 1.33 bits per heavy atom. The minimum atomic E-state index is -1.58. The first kappa shape index (κ1) is 32.4. The lowest BCUT2D eigenvalue weighted by Gasteiger charge is -2.31. The zero-order chi connectivity index (χ0) is 31.4. The number of nitrogens with zero attached hydrogens (tertiary/aromatic N) is 4. The largest absolute Gasteiger partial charge is 0.496 e. The van der Waals surface area contributed by atoms with Gasteiger partial charge in [-0.05, 0) is 52.8 Å². The fraction of sp³-hybridized carbons (Fsp3) is 0.414. The highest BCUT2D eigenvalue weighted by atomic mass is 32.1. The van der Waals surface area contributed by atoms with Crippen LogP contribution in [0, 0.1) is 18.2 Å². The Kier molecular flexibility index (Phi) is 10.2. The molecule has 0 aliphatic heterocycles. The van der Waals surface area contributed by atoms with Crippen molar-refractivity contribution in [2.45, 2.75) is 58.9 Å². The standard InChI is InChI=1S/C29H37FN6O5S/c1-9-14-34(7)27(38)29(5,6)36-25(37)23-18(4)24(33-32-13-12-31)42-26(23)35(28(36)39)16-22(41-17(2)3)20-15-19(30)10-11-21(20)40-8/h9-13,15,17,22,31,33H,1,14,16H2,2-8H3/b31-12?,32-13-/t22-/m0/s1. The highest BCUT2D eigenvalue weighted by molar-refractivity contribution is 7.22. The number of hydrogen-bond acceptors (Lipinski definition) is 9. The molecule has 0 unspecified atom stereocenters. The van der Waals surface area contributed by atoms with Gasteiger partial charge in [-0.2, -0.15) is 5.10 Å². The van der Waals surface area contributed by atoms with Crippen molar-refractivity contribution in [2.75, 3.05) is 26.1 Å². The summed E-state index contributed by atoms with van der Waals surface area (Å²) in [6, 6.07) is 4.04. The summed E-state index contributed by atoms with van der Waals surface area (Å²) in [4.78, 5) is 43.6. The molecule has 1 aromatic carbocycles. The number of nitrogens with one attached hydrogen (secondary N) is 2. The summed E-state index contributed by atoms with van der Waals surface area (Å²) in [5, 5.41) is 11.8. The van der Waals surface area contributed by atoms with Crippen molar-refractivity contribution in [1.29, 1.82) is 5.41 Å². The number of anilines is 1. The number of hydrazone groups is 1. The van der Waals surface area contributed by atoms with Gasteiger partial charge in [0.2, 0.25) is 5.91 Å². The van der Waals surface area contributed by atoms with Crippen molar-refractivity contribution in [3.63, 3.8) is 0 Å². The molecule has 226 valence electrons. The topological polar surface area (TPSA) is 131 Å². The number of thiophene rings is 1. The average Bonchev–Trinajstić information content (AvgIpc) is 3.25. The Hall–Kier alpha value is -4.10. The van der Waals surface area contributed by atoms with Crippen LogP contribution in [0.4, 0.5) is 9.39 Å². The molecule has 2 N–H and O–H groups in total. The summed E-state index contributed by atoms with van der Waals surface area (Å²) < 4.78 is 28.5. The molecule has 0 aliphatic carbocycles. The third-order valence-corrected chi connectivity index (χ3v) is 7.90. The number of benzene rings is 1. The van der Waals surface area contributed by atoms with E-state index in [1.54, 1.807) is 20.0 Å². The number of ether oxygens (including phenoxy) is 2. The molecule has 13 heteroatoms. The minimum absolute atomic E-state index is 0.121. The number of fused-ring (bicyclic) bond motifs is 1. The van der Waals surface area contributed by atoms with Gasteiger partial charge in [-0.1, -0.05) is 17.4 Å². The van der Waals surface area contributed by atoms with Crippen LogP contribution in [0.1, 0.15) is 44.9 Å². The number of amides is 1. The van der Waals surface area contributed by atoms with Crippen molar-refractivity contribution < 1.29 is 18.7 Å². The third-order valence-electron chi connectivity index (χ3n) is 6.68. The van der Waals surface area contributed by atoms with Gasteiger partial charge in [0.15, 0.2) is 0 Å². The van der Waals surface area contributed by atoms with Crippen LogP contribution in [-0.2, 0) is 21.6 Å². The van der Waals surface area contributed by atoms with Crippen LogP contribution in [0.25, 0.3) is 10.2 Å². The lowest BCUT2D eigenvalue weighted by molar-refractivity contribution is -0.137. The molecular weight excluding hydrogens is 563 g/mol. The van der Waals surface area contributed by atoms with Gasteiger partial charge in [0.05, 0.1) is 31.4 Å². The summed E-state index contributed by atoms with van der Waals surface area (Å²) in [6.45, 7) is 12.1. The molecular formula is C29H37FN6O5S. The number of carbonyl (C=O) groups excluding carboxylic acids is 1. The quantitative estimate of drug-likeness (QED) is 0.171. The lowest BCUT2D eigenvalue weighted by atomic mass is 10.0. The fourth-order valence-electron chi connectivity index (χ4n) is 4.75. The Morgan fingerprint density at radius 2 is 2.02 bits per heavy atom. The number of aromatic nitrogens is 2. The highest BCUT2D eigenvalue weighted by Gasteiger charge is 2.37. The number of aryl methyl sites for hydroxylation is 1. The smallest absolute Gasteiger partial charge is 0.333 e. The molecule has 0 bridgehead atoms. The van der Waals surface area contributed by atoms with E-state index in [4.69, 9.17) is 14.9 Å². The SMILES string of the molecule is C=CCN(C)C(=O)C(C)(C)n1c(=O)c2c(C)c(N/N=C\C=N)sc2n(C[C@H](OC(C)C)c2cc(F)ccc2OC)c1=O. The lowest BCUT2D eigenvalue weighted by Crippen LogP contribution is -2.56. The first-order chi connectivity index (χ1) is 19.8. The second kappa shape index (κ2) is 13.3. The Labute approximate surface area is 247 Å². The Balaban J connectivity index is 2.40. The van der Waals surface area contributed by atoms with E-state index in [1.807, 2.05) is 13.8 Å². The Morgan fingerprint density at radius 3 is 2.62 bits per heavy atom. The molecule has 0 saturated carbocycles. The number of halogens is 1. The van der Waals surface area contributed by atoms with Crippen molar-refractivity contribution in [1.82, 2.24) is 14.0 Å². The van der Waals surface area contributed by atoms with Gasteiger partial charge in [-0.25, -0.2) is 13.8 Å². The zero-order valence-electron chi connectivity index (χ0n) is 24.9. The van der Waals surface area contributed by atoms with E-state index in [0.717, 1.165) is 22.1 Å². The molecule has 42 heavy (non-hydrogen) atoms. The van der Waals surface area contributed by atoms with Crippen molar-refractivity contribution in [3.05, 3.63) is 68.6 Å². The number of carbonyl (C=O) groups is 1. The summed E-state index contributed by atoms with van der Waals surface area (Å²) in [5.41, 5.74) is 0.764. The van der Waals surface area contributed by atoms with Gasteiger partial charge < -0.3 is 19.8 Å². The van der Waals surface area contributed by atoms with E-state index >= 15 is 0 Å². The van der Waals surface area contributed by atoms with Gasteiger partial charge in [0.1, 0.15) is 33.0 Å². The van der Waals surface area contributed by atoms with E-state index in [9.17, 15) is 18.8 Å². The number of rotatable bonds is 13. The maximum absolute atomic E-state index is 14.4. The second-order valence-corrected chi connectivity index (χ2v) is 11.4. The van der Waals surface area contributed by atoms with E-state index in [0.29, 0.717) is 26.7 Å². The first-order valence-corrected chi connectivity index (χ1v) is 14.0. The first-order valence-electron chi connectivity index (χ1n) is 13.2. The van der Waals surface area contributed by atoms with Crippen molar-refractivity contribution in [2.24, 2.45) is 5.10 Å². The number of likely N-dealkylation sites (N-methyl/N-ethyl adjacent to an activating group) is 1. The van der Waals surface area contributed by atoms with E-state index in [-0.39, 0.29) is 24.6 Å². The fourth-order valence-corrected chi connectivity index (χ4v) is 5.90. The van der Waals surface area contributed by atoms with E-state index in [1.165, 1.54) is 54.8 Å². The van der Waals surface area contributed by atoms with Gasteiger partial charge in [0.25, 0.3) is 5.56 Å². The molecule has 2 heterocycles. The maximum Gasteiger partial charge on any atom is 0.333 e. The van der Waals surface area contributed by atoms with Gasteiger partial charge in [0, 0.05) is 30.9 Å². The van der Waals surface area contributed by atoms with Gasteiger partial charge in [-0.15, -0.1) is 6.58 Å². The predicted octanol–water partition coefficient (Wildman–Crippen LogP) is 4.27. The van der Waals surface area contributed by atoms with Gasteiger partial charge >= 0.3 is 5.69 Å². The summed E-state index contributed by atoms with van der Waals surface area (Å²) in [6.07, 6.45) is 2.60. The molecule has 0 fully saturated rings. The molecule has 11 nitrogen and oxygen atoms in total. The zero-order valence-corrected chi connectivity index (χ0v) is 25.7. The van der Waals surface area contributed by atoms with Crippen LogP contribution in [0.5, 0.6) is 5.75 Å². The Bertz CT molecular complexity index is 1640. The van der Waals surface area contributed by atoms with Crippen LogP contribution >= 0.6 is 11.3 Å². The van der Waals surface area contributed by atoms with E-state index in [2.05, 4.69) is 17.1 Å². The van der Waals surface area contributed by atoms with Crippen molar-refractivity contribution in [3.8, 4) is 5.75 Å². The average molecular weight is 601 g/mol. The molecule has 1 amide bonds.